The summed E-state index contributed by atoms with van der Waals surface area (Å²) in [4.78, 5) is 21.4. The molecule has 1 aromatic carbocycles. The van der Waals surface area contributed by atoms with Crippen molar-refractivity contribution in [2.75, 3.05) is 25.6 Å². The highest BCUT2D eigenvalue weighted by molar-refractivity contribution is 6.46. The van der Waals surface area contributed by atoms with Crippen molar-refractivity contribution < 1.29 is 14.3 Å². The highest BCUT2D eigenvalue weighted by Gasteiger charge is 2.39. The number of nitrogens with zero attached hydrogens (tertiary/aromatic N) is 2. The Hall–Kier alpha value is -2.37. The first kappa shape index (κ1) is 18.4. The van der Waals surface area contributed by atoms with Gasteiger partial charge in [0.1, 0.15) is 5.75 Å². The zero-order valence-electron chi connectivity index (χ0n) is 15.9. The maximum Gasteiger partial charge on any atom is 0.332 e. The number of ether oxygens (including phenoxy) is 2. The van der Waals surface area contributed by atoms with Gasteiger partial charge < -0.3 is 14.8 Å². The average Bonchev–Trinajstić information content (AvgIpc) is 2.61. The number of nitrogens with one attached hydrogen (secondary N) is 1. The molecule has 6 nitrogen and oxygen atoms in total. The van der Waals surface area contributed by atoms with E-state index in [4.69, 9.17) is 14.5 Å². The molecule has 2 atom stereocenters. The van der Waals surface area contributed by atoms with Gasteiger partial charge in [-0.2, -0.15) is 0 Å². The second-order valence-corrected chi connectivity index (χ2v) is 7.54. The standard InChI is InChI=1S/C20H27N3O3/c1-5-26-19(24)17-12-21-18-15(10-20(2,3)11-16(18)23-17)22-13-6-8-14(25-4)9-7-13/h6-9,15,17,22H,5,10-12H2,1-4H3. The lowest BCUT2D eigenvalue weighted by molar-refractivity contribution is -0.144. The van der Waals surface area contributed by atoms with Crippen molar-refractivity contribution in [3.05, 3.63) is 24.3 Å². The van der Waals surface area contributed by atoms with Gasteiger partial charge in [0.25, 0.3) is 0 Å². The number of esters is 1. The summed E-state index contributed by atoms with van der Waals surface area (Å²) >= 11 is 0. The number of hydrogen-bond acceptors (Lipinski definition) is 6. The van der Waals surface area contributed by atoms with Crippen LogP contribution in [0.15, 0.2) is 34.3 Å². The van der Waals surface area contributed by atoms with Crippen molar-refractivity contribution >= 4 is 23.1 Å². The Morgan fingerprint density at radius 3 is 2.69 bits per heavy atom. The first-order valence-corrected chi connectivity index (χ1v) is 9.10. The molecule has 140 valence electrons. The molecule has 2 unspecified atom stereocenters. The SMILES string of the molecule is CCOC(=O)C1CN=C2C(=N1)CC(C)(C)CC2Nc1ccc(OC)cc1. The number of hydrogen-bond donors (Lipinski definition) is 1. The van der Waals surface area contributed by atoms with Crippen molar-refractivity contribution in [1.29, 1.82) is 0 Å². The Morgan fingerprint density at radius 1 is 1.31 bits per heavy atom. The molecule has 3 rings (SSSR count). The van der Waals surface area contributed by atoms with E-state index in [9.17, 15) is 4.79 Å². The monoisotopic (exact) mass is 357 g/mol. The lowest BCUT2D eigenvalue weighted by Gasteiger charge is -2.39. The van der Waals surface area contributed by atoms with Crippen LogP contribution >= 0.6 is 0 Å². The van der Waals surface area contributed by atoms with Gasteiger partial charge in [-0.3, -0.25) is 9.98 Å². The minimum Gasteiger partial charge on any atom is -0.497 e. The number of carbonyl (C=O) groups excluding carboxylic acids is 1. The number of aliphatic imine (C=N–C) groups is 2. The molecule has 1 saturated carbocycles. The zero-order chi connectivity index (χ0) is 18.7. The first-order chi connectivity index (χ1) is 12.4. The van der Waals surface area contributed by atoms with Crippen molar-refractivity contribution in [1.82, 2.24) is 0 Å². The summed E-state index contributed by atoms with van der Waals surface area (Å²) in [6, 6.07) is 7.44. The van der Waals surface area contributed by atoms with Crippen LogP contribution in [-0.2, 0) is 9.53 Å². The molecule has 0 bridgehead atoms. The maximum absolute atomic E-state index is 12.0. The Kier molecular flexibility index (Phi) is 5.30. The highest BCUT2D eigenvalue weighted by atomic mass is 16.5. The van der Waals surface area contributed by atoms with Crippen molar-refractivity contribution in [3.63, 3.8) is 0 Å². The molecule has 0 saturated heterocycles. The third-order valence-corrected chi connectivity index (χ3v) is 4.76. The Labute approximate surface area is 154 Å². The summed E-state index contributed by atoms with van der Waals surface area (Å²) in [6.07, 6.45) is 1.78. The number of carbonyl (C=O) groups is 1. The van der Waals surface area contributed by atoms with Crippen LogP contribution in [0.5, 0.6) is 5.75 Å². The molecule has 26 heavy (non-hydrogen) atoms. The lowest BCUT2D eigenvalue weighted by atomic mass is 9.72. The van der Waals surface area contributed by atoms with Crippen LogP contribution in [0.4, 0.5) is 5.69 Å². The molecule has 1 aliphatic carbocycles. The van der Waals surface area contributed by atoms with Crippen LogP contribution in [0.1, 0.15) is 33.6 Å². The van der Waals surface area contributed by atoms with Gasteiger partial charge in [0.05, 0.1) is 37.7 Å². The van der Waals surface area contributed by atoms with Gasteiger partial charge in [-0.15, -0.1) is 0 Å². The topological polar surface area (TPSA) is 72.3 Å². The number of benzene rings is 1. The van der Waals surface area contributed by atoms with E-state index in [2.05, 4.69) is 24.2 Å². The van der Waals surface area contributed by atoms with E-state index < -0.39 is 6.04 Å². The molecular formula is C20H27N3O3. The van der Waals surface area contributed by atoms with Crippen molar-refractivity contribution in [3.8, 4) is 5.75 Å². The molecular weight excluding hydrogens is 330 g/mol. The molecule has 1 N–H and O–H groups in total. The summed E-state index contributed by atoms with van der Waals surface area (Å²) in [6.45, 7) is 6.98. The molecule has 2 aliphatic rings. The van der Waals surface area contributed by atoms with Gasteiger partial charge in [-0.1, -0.05) is 13.8 Å². The highest BCUT2D eigenvalue weighted by Crippen LogP contribution is 2.35. The third kappa shape index (κ3) is 4.06. The molecule has 1 aromatic rings. The van der Waals surface area contributed by atoms with E-state index in [0.29, 0.717) is 13.2 Å². The fourth-order valence-corrected chi connectivity index (χ4v) is 3.57. The van der Waals surface area contributed by atoms with E-state index in [-0.39, 0.29) is 17.4 Å². The molecule has 6 heteroatoms. The maximum atomic E-state index is 12.0. The minimum atomic E-state index is -0.510. The van der Waals surface area contributed by atoms with Gasteiger partial charge in [0, 0.05) is 5.69 Å². The fourth-order valence-electron chi connectivity index (χ4n) is 3.57. The largest absolute Gasteiger partial charge is 0.497 e. The van der Waals surface area contributed by atoms with E-state index >= 15 is 0 Å². The molecule has 0 radical (unpaired) electrons. The minimum absolute atomic E-state index is 0.0778. The van der Waals surface area contributed by atoms with E-state index in [0.717, 1.165) is 35.7 Å². The smallest absolute Gasteiger partial charge is 0.332 e. The van der Waals surface area contributed by atoms with E-state index in [1.54, 1.807) is 14.0 Å². The third-order valence-electron chi connectivity index (χ3n) is 4.76. The first-order valence-electron chi connectivity index (χ1n) is 9.10. The predicted octanol–water partition coefficient (Wildman–Crippen LogP) is 3.12. The average molecular weight is 357 g/mol. The Balaban J connectivity index is 1.80. The summed E-state index contributed by atoms with van der Waals surface area (Å²) in [5.41, 5.74) is 3.00. The van der Waals surface area contributed by atoms with Gasteiger partial charge >= 0.3 is 5.97 Å². The second-order valence-electron chi connectivity index (χ2n) is 7.54. The quantitative estimate of drug-likeness (QED) is 0.822. The summed E-state index contributed by atoms with van der Waals surface area (Å²) in [5, 5.41) is 3.57. The number of anilines is 1. The van der Waals surface area contributed by atoms with Crippen LogP contribution in [0.3, 0.4) is 0 Å². The van der Waals surface area contributed by atoms with Crippen LogP contribution < -0.4 is 10.1 Å². The van der Waals surface area contributed by atoms with Gasteiger partial charge in [0.15, 0.2) is 6.04 Å². The van der Waals surface area contributed by atoms with Gasteiger partial charge in [-0.05, 0) is 49.4 Å². The van der Waals surface area contributed by atoms with Crippen LogP contribution in [0, 0.1) is 5.41 Å². The van der Waals surface area contributed by atoms with Gasteiger partial charge in [0.2, 0.25) is 0 Å². The van der Waals surface area contributed by atoms with Crippen LogP contribution in [-0.4, -0.2) is 49.7 Å². The molecule has 0 aromatic heterocycles. The molecule has 1 fully saturated rings. The van der Waals surface area contributed by atoms with Crippen LogP contribution in [0.2, 0.25) is 0 Å². The van der Waals surface area contributed by atoms with Crippen LogP contribution in [0.25, 0.3) is 0 Å². The Bertz CT molecular complexity index is 722. The summed E-state index contributed by atoms with van der Waals surface area (Å²) < 4.78 is 10.3. The molecule has 1 heterocycles. The summed E-state index contributed by atoms with van der Waals surface area (Å²) in [5.74, 6) is 0.542. The fraction of sp³-hybridized carbons (Fsp3) is 0.550. The number of fused-ring (bicyclic) bond motifs is 1. The molecule has 0 amide bonds. The van der Waals surface area contributed by atoms with Crippen molar-refractivity contribution in [2.24, 2.45) is 15.4 Å². The number of rotatable bonds is 5. The van der Waals surface area contributed by atoms with E-state index in [1.807, 2.05) is 24.3 Å². The van der Waals surface area contributed by atoms with Gasteiger partial charge in [-0.25, -0.2) is 4.79 Å². The Morgan fingerprint density at radius 2 is 2.04 bits per heavy atom. The molecule has 0 spiro atoms. The zero-order valence-corrected chi connectivity index (χ0v) is 15.9. The van der Waals surface area contributed by atoms with Crippen molar-refractivity contribution in [2.45, 2.75) is 45.7 Å². The number of methoxy groups -OCH3 is 1. The predicted molar refractivity (Wildman–Crippen MR) is 104 cm³/mol. The summed E-state index contributed by atoms with van der Waals surface area (Å²) in [7, 11) is 1.66. The normalized spacial score (nSPS) is 24.0. The van der Waals surface area contributed by atoms with E-state index in [1.165, 1.54) is 0 Å². The molecule has 1 aliphatic heterocycles. The second kappa shape index (κ2) is 7.48. The lowest BCUT2D eigenvalue weighted by Crippen LogP contribution is -2.48.